The Labute approximate surface area is 225 Å². The number of quaternary nitrogens is 1. The first kappa shape index (κ1) is 39.7. The lowest BCUT2D eigenvalue weighted by Gasteiger charge is -2.42. The zero-order valence-electron chi connectivity index (χ0n) is 21.3. The van der Waals surface area contributed by atoms with Crippen molar-refractivity contribution in [2.45, 2.75) is 85.8 Å². The molecule has 1 unspecified atom stereocenters. The van der Waals surface area contributed by atoms with E-state index in [4.69, 9.17) is 4.74 Å². The van der Waals surface area contributed by atoms with Crippen molar-refractivity contribution in [3.8, 4) is 0 Å². The molecule has 0 fully saturated rings. The van der Waals surface area contributed by atoms with Gasteiger partial charge in [-0.1, -0.05) is 0 Å². The Kier molecular flexibility index (Phi) is 11.4. The lowest BCUT2D eigenvalue weighted by Crippen LogP contribution is -2.74. The first-order valence-electron chi connectivity index (χ1n) is 11.0. The van der Waals surface area contributed by atoms with Crippen LogP contribution in [-0.4, -0.2) is 97.8 Å². The van der Waals surface area contributed by atoms with Gasteiger partial charge in [0.15, 0.2) is 6.10 Å². The van der Waals surface area contributed by atoms with E-state index in [1.54, 1.807) is 0 Å². The normalized spacial score (nSPS) is 15.9. The number of halogens is 17. The average molecular weight is 663 g/mol. The number of carboxylic acids is 1. The van der Waals surface area contributed by atoms with E-state index in [9.17, 15) is 89.3 Å². The summed E-state index contributed by atoms with van der Waals surface area (Å²) in [7, 11) is 4.53. The van der Waals surface area contributed by atoms with Gasteiger partial charge in [0.05, 0.1) is 21.1 Å². The predicted molar refractivity (Wildman–Crippen MR) is 102 cm³/mol. The van der Waals surface area contributed by atoms with Crippen molar-refractivity contribution < 1.29 is 98.6 Å². The number of rotatable bonds is 16. The van der Waals surface area contributed by atoms with Crippen LogP contribution >= 0.6 is 0 Å². The van der Waals surface area contributed by atoms with Crippen molar-refractivity contribution in [1.82, 2.24) is 0 Å². The van der Waals surface area contributed by atoms with E-state index in [1.165, 1.54) is 21.1 Å². The standard InChI is InChI=1S/C20H22F17NO4/c1-38(2,3)9-10(8-11(39)40)42-12(41)6-4-5-7-13(21,22)14(23,24)15(25,26)16(27,28)17(29,30)18(31,32)19(33,34)20(35,36)37/h10H,4-9H2,1-3H3. The number of hydrogen-bond donors (Lipinski definition) is 0. The number of nitrogens with zero attached hydrogens (tertiary/aromatic N) is 1. The molecule has 42 heavy (non-hydrogen) atoms. The highest BCUT2D eigenvalue weighted by Crippen LogP contribution is 2.64. The molecule has 0 spiro atoms. The molecule has 0 aliphatic carbocycles. The van der Waals surface area contributed by atoms with Crippen molar-refractivity contribution in [3.05, 3.63) is 0 Å². The van der Waals surface area contributed by atoms with Crippen molar-refractivity contribution in [2.24, 2.45) is 0 Å². The SMILES string of the molecule is C[N+](C)(C)CC(CC(=O)[O-])OC(=O)CCCCC(F)(F)C(F)(F)C(F)(F)C(F)(F)C(F)(F)C(F)(F)C(F)(F)C(F)(F)F. The second kappa shape index (κ2) is 12.0. The average Bonchev–Trinajstić information content (AvgIpc) is 2.73. The lowest BCUT2D eigenvalue weighted by atomic mass is 9.88. The van der Waals surface area contributed by atoms with Crippen LogP contribution in [0.4, 0.5) is 74.6 Å². The maximum Gasteiger partial charge on any atom is 0.460 e. The molecule has 0 saturated heterocycles. The molecule has 0 radical (unpaired) electrons. The Morgan fingerprint density at radius 2 is 1.02 bits per heavy atom. The Morgan fingerprint density at radius 3 is 1.38 bits per heavy atom. The van der Waals surface area contributed by atoms with E-state index in [0.717, 1.165) is 0 Å². The number of aliphatic carboxylic acids is 1. The number of alkyl halides is 17. The van der Waals surface area contributed by atoms with Crippen molar-refractivity contribution >= 4 is 11.9 Å². The summed E-state index contributed by atoms with van der Waals surface area (Å²) in [6.45, 7) is -0.161. The van der Waals surface area contributed by atoms with Crippen LogP contribution in [0.2, 0.25) is 0 Å². The summed E-state index contributed by atoms with van der Waals surface area (Å²) in [5.41, 5.74) is 0. The van der Waals surface area contributed by atoms with Gasteiger partial charge in [0.25, 0.3) is 0 Å². The van der Waals surface area contributed by atoms with Crippen LogP contribution in [0.3, 0.4) is 0 Å². The second-order valence-electron chi connectivity index (χ2n) is 10.0. The molecule has 22 heteroatoms. The highest BCUT2D eigenvalue weighted by molar-refractivity contribution is 5.70. The summed E-state index contributed by atoms with van der Waals surface area (Å²) < 4.78 is 230. The summed E-state index contributed by atoms with van der Waals surface area (Å²) in [5.74, 6) is -59.9. The first-order chi connectivity index (χ1) is 18.1. The van der Waals surface area contributed by atoms with Gasteiger partial charge in [-0.05, 0) is 12.8 Å². The molecule has 5 nitrogen and oxygen atoms in total. The molecule has 0 amide bonds. The van der Waals surface area contributed by atoms with Gasteiger partial charge >= 0.3 is 53.6 Å². The minimum Gasteiger partial charge on any atom is -0.550 e. The molecule has 1 atom stereocenters. The van der Waals surface area contributed by atoms with E-state index in [-0.39, 0.29) is 11.0 Å². The maximum atomic E-state index is 13.9. The third-order valence-electron chi connectivity index (χ3n) is 5.35. The van der Waals surface area contributed by atoms with Gasteiger partial charge in [0.2, 0.25) is 0 Å². The van der Waals surface area contributed by atoms with E-state index in [2.05, 4.69) is 0 Å². The summed E-state index contributed by atoms with van der Waals surface area (Å²) in [5, 5.41) is 10.7. The number of hydrogen-bond acceptors (Lipinski definition) is 4. The zero-order chi connectivity index (χ0) is 34.2. The van der Waals surface area contributed by atoms with Crippen molar-refractivity contribution in [3.63, 3.8) is 0 Å². The first-order valence-corrected chi connectivity index (χ1v) is 11.0. The number of carbonyl (C=O) groups is 2. The number of ether oxygens (including phenoxy) is 1. The molecule has 0 aromatic rings. The summed E-state index contributed by atoms with van der Waals surface area (Å²) in [6, 6.07) is 0. The minimum absolute atomic E-state index is 0.00417. The van der Waals surface area contributed by atoms with E-state index in [1.807, 2.05) is 0 Å². The monoisotopic (exact) mass is 663 g/mol. The molecule has 0 N–H and O–H groups in total. The molecule has 0 bridgehead atoms. The third kappa shape index (κ3) is 7.61. The lowest BCUT2D eigenvalue weighted by molar-refractivity contribution is -0.873. The number of unbranched alkanes of at least 4 members (excludes halogenated alkanes) is 1. The van der Waals surface area contributed by atoms with Gasteiger partial charge in [0, 0.05) is 25.2 Å². The van der Waals surface area contributed by atoms with Crippen LogP contribution in [-0.2, 0) is 14.3 Å². The van der Waals surface area contributed by atoms with E-state index < -0.39 is 97.8 Å². The summed E-state index contributed by atoms with van der Waals surface area (Å²) in [4.78, 5) is 22.5. The summed E-state index contributed by atoms with van der Waals surface area (Å²) >= 11 is 0. The second-order valence-corrected chi connectivity index (χ2v) is 10.0. The fourth-order valence-electron chi connectivity index (χ4n) is 3.15. The fraction of sp³-hybridized carbons (Fsp3) is 0.900. The quantitative estimate of drug-likeness (QED) is 0.0973. The zero-order valence-corrected chi connectivity index (χ0v) is 21.3. The minimum atomic E-state index is -8.69. The molecule has 0 heterocycles. The number of likely N-dealkylation sites (N-methyl/N-ethyl adjacent to an activating group) is 1. The molecule has 0 aliphatic heterocycles. The molecule has 0 saturated carbocycles. The molecule has 0 aromatic heterocycles. The molecule has 0 aliphatic rings. The Hall–Kier alpha value is -2.29. The smallest absolute Gasteiger partial charge is 0.460 e. The number of carboxylic acid groups (broad SMARTS) is 1. The molecule has 250 valence electrons. The predicted octanol–water partition coefficient (Wildman–Crippen LogP) is 5.31. The van der Waals surface area contributed by atoms with Gasteiger partial charge in [-0.15, -0.1) is 0 Å². The van der Waals surface area contributed by atoms with Crippen LogP contribution in [0.15, 0.2) is 0 Å². The van der Waals surface area contributed by atoms with E-state index >= 15 is 0 Å². The van der Waals surface area contributed by atoms with Crippen molar-refractivity contribution in [1.29, 1.82) is 0 Å². The third-order valence-corrected chi connectivity index (χ3v) is 5.35. The highest BCUT2D eigenvalue weighted by Gasteiger charge is 2.95. The molecular weight excluding hydrogens is 641 g/mol. The fourth-order valence-corrected chi connectivity index (χ4v) is 3.15. The molecule has 0 aromatic carbocycles. The Morgan fingerprint density at radius 1 is 0.643 bits per heavy atom. The Bertz CT molecular complexity index is 957. The van der Waals surface area contributed by atoms with Gasteiger partial charge < -0.3 is 19.1 Å². The molecular formula is C20H22F17NO4. The van der Waals surface area contributed by atoms with Gasteiger partial charge in [-0.25, -0.2) is 0 Å². The number of carbonyl (C=O) groups excluding carboxylic acids is 2. The van der Waals surface area contributed by atoms with Gasteiger partial charge in [0.1, 0.15) is 6.54 Å². The van der Waals surface area contributed by atoms with E-state index in [0.29, 0.717) is 0 Å². The highest BCUT2D eigenvalue weighted by atomic mass is 19.4. The van der Waals surface area contributed by atoms with Crippen molar-refractivity contribution in [2.75, 3.05) is 27.7 Å². The van der Waals surface area contributed by atoms with Crippen LogP contribution < -0.4 is 5.11 Å². The van der Waals surface area contributed by atoms with Crippen LogP contribution in [0.1, 0.15) is 32.1 Å². The van der Waals surface area contributed by atoms with Gasteiger partial charge in [-0.2, -0.15) is 74.6 Å². The maximum absolute atomic E-state index is 13.9. The van der Waals surface area contributed by atoms with Crippen LogP contribution in [0, 0.1) is 0 Å². The largest absolute Gasteiger partial charge is 0.550 e. The topological polar surface area (TPSA) is 66.4 Å². The van der Waals surface area contributed by atoms with Gasteiger partial charge in [-0.3, -0.25) is 4.79 Å². The number of esters is 1. The van der Waals surface area contributed by atoms with Crippen LogP contribution in [0.25, 0.3) is 0 Å². The summed E-state index contributed by atoms with van der Waals surface area (Å²) in [6.07, 6.45) is -16.3. The van der Waals surface area contributed by atoms with Crippen LogP contribution in [0.5, 0.6) is 0 Å². The Balaban J connectivity index is 5.82. The molecule has 0 rings (SSSR count).